The van der Waals surface area contributed by atoms with Crippen molar-refractivity contribution in [3.05, 3.63) is 107 Å². The van der Waals surface area contributed by atoms with Gasteiger partial charge in [0.15, 0.2) is 0 Å². The van der Waals surface area contributed by atoms with Gasteiger partial charge in [0.1, 0.15) is 25.0 Å². The quantitative estimate of drug-likeness (QED) is 0.431. The summed E-state index contributed by atoms with van der Waals surface area (Å²) >= 11 is 0. The molecule has 0 aromatic heterocycles. The van der Waals surface area contributed by atoms with Crippen molar-refractivity contribution in [1.29, 1.82) is 0 Å². The van der Waals surface area contributed by atoms with Crippen LogP contribution < -0.4 is 9.47 Å². The molecule has 0 saturated carbocycles. The molecule has 160 valence electrons. The SMILES string of the molecule is c1ccc(CN2COc3c(ccc4ccc5c(c34)CN(Cc3ccccc3)CO5)C2)cc1. The standard InChI is InChI=1S/C28H26N2O2/c1-3-7-21(8-4-1)15-29-17-24-12-11-23-13-14-26-25(27(23)28(24)32-20-29)18-30(19-31-26)16-22-9-5-2-6-10-22/h1-14H,15-20H2. The summed E-state index contributed by atoms with van der Waals surface area (Å²) < 4.78 is 12.6. The Hall–Kier alpha value is -3.34. The van der Waals surface area contributed by atoms with Crippen molar-refractivity contribution in [2.75, 3.05) is 13.5 Å². The maximum Gasteiger partial charge on any atom is 0.142 e. The number of hydrogen-bond donors (Lipinski definition) is 0. The summed E-state index contributed by atoms with van der Waals surface area (Å²) in [7, 11) is 0. The van der Waals surface area contributed by atoms with E-state index in [1.54, 1.807) is 0 Å². The number of fused-ring (bicyclic) bond motifs is 5. The van der Waals surface area contributed by atoms with Crippen molar-refractivity contribution >= 4 is 10.8 Å². The van der Waals surface area contributed by atoms with E-state index in [1.807, 2.05) is 0 Å². The molecule has 0 unspecified atom stereocenters. The Morgan fingerprint density at radius 3 is 1.97 bits per heavy atom. The Morgan fingerprint density at radius 1 is 0.625 bits per heavy atom. The summed E-state index contributed by atoms with van der Waals surface area (Å²) in [5, 5.41) is 2.42. The van der Waals surface area contributed by atoms with Crippen LogP contribution in [0.3, 0.4) is 0 Å². The maximum atomic E-state index is 6.39. The summed E-state index contributed by atoms with van der Waals surface area (Å²) in [4.78, 5) is 4.69. The summed E-state index contributed by atoms with van der Waals surface area (Å²) in [6, 6.07) is 29.9. The minimum atomic E-state index is 0.596. The van der Waals surface area contributed by atoms with Crippen LogP contribution in [0.1, 0.15) is 22.3 Å². The van der Waals surface area contributed by atoms with Crippen molar-refractivity contribution in [2.24, 2.45) is 0 Å². The zero-order valence-electron chi connectivity index (χ0n) is 18.0. The molecule has 0 amide bonds. The number of benzene rings is 4. The van der Waals surface area contributed by atoms with Crippen LogP contribution in [-0.2, 0) is 26.2 Å². The minimum Gasteiger partial charge on any atom is -0.478 e. The van der Waals surface area contributed by atoms with Gasteiger partial charge in [-0.1, -0.05) is 78.9 Å². The molecule has 0 spiro atoms. The fourth-order valence-corrected chi connectivity index (χ4v) is 4.82. The predicted octanol–water partition coefficient (Wildman–Crippen LogP) is 5.54. The van der Waals surface area contributed by atoms with Crippen molar-refractivity contribution in [3.63, 3.8) is 0 Å². The predicted molar refractivity (Wildman–Crippen MR) is 126 cm³/mol. The van der Waals surface area contributed by atoms with E-state index in [2.05, 4.69) is 94.7 Å². The molecule has 32 heavy (non-hydrogen) atoms. The lowest BCUT2D eigenvalue weighted by molar-refractivity contribution is 0.0858. The third kappa shape index (κ3) is 3.72. The smallest absolute Gasteiger partial charge is 0.142 e. The van der Waals surface area contributed by atoms with Gasteiger partial charge < -0.3 is 9.47 Å². The molecule has 0 bridgehead atoms. The van der Waals surface area contributed by atoms with Crippen molar-refractivity contribution < 1.29 is 9.47 Å². The minimum absolute atomic E-state index is 0.596. The number of ether oxygens (including phenoxy) is 2. The fraction of sp³-hybridized carbons (Fsp3) is 0.214. The number of nitrogens with zero attached hydrogens (tertiary/aromatic N) is 2. The van der Waals surface area contributed by atoms with Crippen molar-refractivity contribution in [3.8, 4) is 11.5 Å². The van der Waals surface area contributed by atoms with Crippen LogP contribution in [0, 0.1) is 0 Å². The van der Waals surface area contributed by atoms with Gasteiger partial charge in [0.25, 0.3) is 0 Å². The van der Waals surface area contributed by atoms with Crippen molar-refractivity contribution in [1.82, 2.24) is 9.80 Å². The summed E-state index contributed by atoms with van der Waals surface area (Å²) in [5.41, 5.74) is 5.09. The van der Waals surface area contributed by atoms with Crippen LogP contribution >= 0.6 is 0 Å². The zero-order valence-corrected chi connectivity index (χ0v) is 18.0. The molecule has 0 aliphatic carbocycles. The molecule has 0 saturated heterocycles. The molecule has 6 rings (SSSR count). The highest BCUT2D eigenvalue weighted by atomic mass is 16.5. The average molecular weight is 423 g/mol. The first-order chi connectivity index (χ1) is 15.8. The Morgan fingerprint density at radius 2 is 1.25 bits per heavy atom. The van der Waals surface area contributed by atoms with E-state index < -0.39 is 0 Å². The van der Waals surface area contributed by atoms with Crippen LogP contribution in [0.25, 0.3) is 10.8 Å². The molecule has 2 aliphatic rings. The first kappa shape index (κ1) is 19.4. The molecule has 2 heterocycles. The molecule has 4 nitrogen and oxygen atoms in total. The molecule has 0 N–H and O–H groups in total. The van der Waals surface area contributed by atoms with Gasteiger partial charge in [-0.2, -0.15) is 0 Å². The monoisotopic (exact) mass is 422 g/mol. The molecular formula is C28H26N2O2. The normalized spacial score (nSPS) is 16.1. The van der Waals surface area contributed by atoms with Crippen LogP contribution in [0.2, 0.25) is 0 Å². The third-order valence-electron chi connectivity index (χ3n) is 6.35. The second-order valence-corrected chi connectivity index (χ2v) is 8.69. The van der Waals surface area contributed by atoms with E-state index in [9.17, 15) is 0 Å². The Kier molecular flexibility index (Phi) is 5.02. The lowest BCUT2D eigenvalue weighted by Crippen LogP contribution is -2.33. The van der Waals surface area contributed by atoms with Gasteiger partial charge in [0.05, 0.1) is 0 Å². The highest BCUT2D eigenvalue weighted by molar-refractivity contribution is 5.94. The van der Waals surface area contributed by atoms with E-state index in [-0.39, 0.29) is 0 Å². The molecule has 4 heteroatoms. The first-order valence-electron chi connectivity index (χ1n) is 11.2. The molecule has 2 aliphatic heterocycles. The van der Waals surface area contributed by atoms with Gasteiger partial charge in [0, 0.05) is 42.7 Å². The van der Waals surface area contributed by atoms with Crippen LogP contribution in [0.5, 0.6) is 11.5 Å². The van der Waals surface area contributed by atoms with E-state index in [1.165, 1.54) is 33.0 Å². The topological polar surface area (TPSA) is 24.9 Å². The maximum absolute atomic E-state index is 6.39. The summed E-state index contributed by atoms with van der Waals surface area (Å²) in [5.74, 6) is 2.00. The van der Waals surface area contributed by atoms with Gasteiger partial charge in [-0.15, -0.1) is 0 Å². The molecule has 0 atom stereocenters. The average Bonchev–Trinajstić information content (AvgIpc) is 2.85. The lowest BCUT2D eigenvalue weighted by Gasteiger charge is -2.33. The van der Waals surface area contributed by atoms with Crippen LogP contribution in [-0.4, -0.2) is 23.3 Å². The van der Waals surface area contributed by atoms with Crippen LogP contribution in [0.4, 0.5) is 0 Å². The lowest BCUT2D eigenvalue weighted by atomic mass is 9.97. The van der Waals surface area contributed by atoms with Crippen LogP contribution in [0.15, 0.2) is 84.9 Å². The molecule has 0 radical (unpaired) electrons. The fourth-order valence-electron chi connectivity index (χ4n) is 4.82. The number of hydrogen-bond acceptors (Lipinski definition) is 4. The zero-order chi connectivity index (χ0) is 21.3. The van der Waals surface area contributed by atoms with Gasteiger partial charge in [-0.25, -0.2) is 0 Å². The van der Waals surface area contributed by atoms with Gasteiger partial charge in [-0.05, 0) is 22.6 Å². The summed E-state index contributed by atoms with van der Waals surface area (Å²) in [6.07, 6.45) is 0. The second kappa shape index (κ2) is 8.30. The molecule has 4 aromatic carbocycles. The van der Waals surface area contributed by atoms with Gasteiger partial charge >= 0.3 is 0 Å². The Balaban J connectivity index is 1.30. The number of rotatable bonds is 4. The molecule has 4 aromatic rings. The van der Waals surface area contributed by atoms with Gasteiger partial charge in [0.2, 0.25) is 0 Å². The van der Waals surface area contributed by atoms with E-state index in [0.29, 0.717) is 13.5 Å². The Labute approximate surface area is 188 Å². The largest absolute Gasteiger partial charge is 0.478 e. The molecule has 0 fully saturated rings. The third-order valence-corrected chi connectivity index (χ3v) is 6.35. The molecular weight excluding hydrogens is 396 g/mol. The van der Waals surface area contributed by atoms with Gasteiger partial charge in [-0.3, -0.25) is 9.80 Å². The van der Waals surface area contributed by atoms with E-state index in [4.69, 9.17) is 9.47 Å². The highest BCUT2D eigenvalue weighted by Gasteiger charge is 2.26. The van der Waals surface area contributed by atoms with Crippen molar-refractivity contribution in [2.45, 2.75) is 26.2 Å². The van der Waals surface area contributed by atoms with E-state index in [0.717, 1.165) is 37.7 Å². The highest BCUT2D eigenvalue weighted by Crippen LogP contribution is 2.41. The Bertz CT molecular complexity index is 1240. The first-order valence-corrected chi connectivity index (χ1v) is 11.2. The second-order valence-electron chi connectivity index (χ2n) is 8.69. The summed E-state index contributed by atoms with van der Waals surface area (Å²) in [6.45, 7) is 4.71. The van der Waals surface area contributed by atoms with E-state index >= 15 is 0 Å².